The molecule has 0 saturated carbocycles. The molecule has 0 fully saturated rings. The smallest absolute Gasteiger partial charge is 0.271 e. The lowest BCUT2D eigenvalue weighted by molar-refractivity contribution is 0.0950. The van der Waals surface area contributed by atoms with Gasteiger partial charge >= 0.3 is 0 Å². The summed E-state index contributed by atoms with van der Waals surface area (Å²) in [5.74, 6) is 1.79. The zero-order valence-corrected chi connectivity index (χ0v) is 14.5. The van der Waals surface area contributed by atoms with Gasteiger partial charge in [-0.1, -0.05) is 24.3 Å². The van der Waals surface area contributed by atoms with Crippen molar-refractivity contribution in [2.75, 3.05) is 13.7 Å². The van der Waals surface area contributed by atoms with E-state index in [2.05, 4.69) is 27.4 Å². The number of imidazole rings is 1. The molecule has 0 spiro atoms. The molecule has 1 amide bonds. The van der Waals surface area contributed by atoms with Crippen molar-refractivity contribution in [1.29, 1.82) is 0 Å². The summed E-state index contributed by atoms with van der Waals surface area (Å²) >= 11 is 0. The van der Waals surface area contributed by atoms with Crippen LogP contribution in [0, 0.1) is 0 Å². The number of H-pyrrole nitrogens is 1. The number of para-hydroxylation sites is 1. The minimum Gasteiger partial charge on any atom is -0.496 e. The molecule has 0 bridgehead atoms. The Balaban J connectivity index is 1.68. The van der Waals surface area contributed by atoms with E-state index in [1.807, 2.05) is 18.2 Å². The number of carbonyl (C=O) groups excluding carboxylic acids is 1. The predicted molar refractivity (Wildman–Crippen MR) is 96.8 cm³/mol. The largest absolute Gasteiger partial charge is 0.496 e. The lowest BCUT2D eigenvalue weighted by Gasteiger charge is -2.18. The fourth-order valence-corrected chi connectivity index (χ4v) is 3.79. The number of benzene rings is 1. The highest BCUT2D eigenvalue weighted by molar-refractivity contribution is 5.94. The molecule has 2 aliphatic rings. The van der Waals surface area contributed by atoms with Crippen molar-refractivity contribution in [3.05, 3.63) is 53.1 Å². The monoisotopic (exact) mass is 337 g/mol. The van der Waals surface area contributed by atoms with E-state index in [0.717, 1.165) is 42.1 Å². The van der Waals surface area contributed by atoms with Crippen LogP contribution >= 0.6 is 0 Å². The molecule has 130 valence electrons. The van der Waals surface area contributed by atoms with E-state index < -0.39 is 0 Å². The van der Waals surface area contributed by atoms with Gasteiger partial charge in [0.15, 0.2) is 0 Å². The molecule has 2 N–H and O–H groups in total. The molecule has 1 unspecified atom stereocenters. The third-order valence-corrected chi connectivity index (χ3v) is 5.13. The van der Waals surface area contributed by atoms with Crippen LogP contribution in [0.2, 0.25) is 0 Å². The van der Waals surface area contributed by atoms with E-state index in [1.165, 1.54) is 18.4 Å². The van der Waals surface area contributed by atoms with E-state index in [4.69, 9.17) is 4.74 Å². The van der Waals surface area contributed by atoms with Gasteiger partial charge in [0.1, 0.15) is 17.3 Å². The van der Waals surface area contributed by atoms with Crippen LogP contribution in [0.15, 0.2) is 30.3 Å². The Morgan fingerprint density at radius 1 is 1.24 bits per heavy atom. The van der Waals surface area contributed by atoms with E-state index in [9.17, 15) is 4.79 Å². The van der Waals surface area contributed by atoms with Crippen LogP contribution in [-0.4, -0.2) is 29.5 Å². The summed E-state index contributed by atoms with van der Waals surface area (Å²) in [5.41, 5.74) is 3.82. The summed E-state index contributed by atoms with van der Waals surface area (Å²) in [7, 11) is 1.68. The summed E-state index contributed by atoms with van der Waals surface area (Å²) in [6.45, 7) is 0.585. The van der Waals surface area contributed by atoms with E-state index >= 15 is 0 Å². The fraction of sp³-hybridized carbons (Fsp3) is 0.400. The number of ether oxygens (including phenoxy) is 1. The molecule has 0 radical (unpaired) electrons. The molecule has 2 aromatic rings. The Kier molecular flexibility index (Phi) is 4.30. The lowest BCUT2D eigenvalue weighted by Crippen LogP contribution is -2.26. The van der Waals surface area contributed by atoms with Gasteiger partial charge in [-0.2, -0.15) is 0 Å². The molecule has 0 saturated heterocycles. The number of carbonyl (C=O) groups is 1. The standard InChI is InChI=1S/C20H23N3O2/c1-25-17-10-6-5-9-15(17)14-11-16-18(20(24)21-12-14)23-19(22-16)13-7-3-2-4-8-13/h5-7,9-10,14H,2-4,8,11-12H2,1H3,(H,21,24)(H,22,23). The Morgan fingerprint density at radius 3 is 2.92 bits per heavy atom. The number of hydrogen-bond acceptors (Lipinski definition) is 3. The number of nitrogens with zero attached hydrogens (tertiary/aromatic N) is 1. The van der Waals surface area contributed by atoms with Crippen molar-refractivity contribution in [3.63, 3.8) is 0 Å². The number of rotatable bonds is 3. The van der Waals surface area contributed by atoms with E-state index in [0.29, 0.717) is 12.2 Å². The first-order valence-electron chi connectivity index (χ1n) is 8.95. The summed E-state index contributed by atoms with van der Waals surface area (Å²) in [5, 5.41) is 3.02. The second kappa shape index (κ2) is 6.75. The summed E-state index contributed by atoms with van der Waals surface area (Å²) < 4.78 is 5.51. The minimum absolute atomic E-state index is 0.0914. The van der Waals surface area contributed by atoms with Crippen LogP contribution in [0.5, 0.6) is 5.75 Å². The van der Waals surface area contributed by atoms with Gasteiger partial charge in [0, 0.05) is 18.2 Å². The zero-order chi connectivity index (χ0) is 17.2. The third kappa shape index (κ3) is 3.06. The van der Waals surface area contributed by atoms with Crippen molar-refractivity contribution in [2.24, 2.45) is 0 Å². The number of methoxy groups -OCH3 is 1. The Morgan fingerprint density at radius 2 is 2.12 bits per heavy atom. The SMILES string of the molecule is COc1ccccc1C1CNC(=O)c2nc(C3=CCCCC3)[nH]c2C1. The third-order valence-electron chi connectivity index (χ3n) is 5.13. The zero-order valence-electron chi connectivity index (χ0n) is 14.5. The topological polar surface area (TPSA) is 67.0 Å². The molecule has 4 rings (SSSR count). The van der Waals surface area contributed by atoms with Crippen molar-refractivity contribution in [3.8, 4) is 5.75 Å². The van der Waals surface area contributed by atoms with Gasteiger partial charge in [-0.3, -0.25) is 4.79 Å². The molecule has 1 atom stereocenters. The Labute approximate surface area is 147 Å². The van der Waals surface area contributed by atoms with Crippen LogP contribution < -0.4 is 10.1 Å². The van der Waals surface area contributed by atoms with Crippen molar-refractivity contribution >= 4 is 11.5 Å². The maximum atomic E-state index is 12.5. The molecule has 1 aliphatic carbocycles. The Bertz CT molecular complexity index is 822. The molecule has 1 aromatic heterocycles. The van der Waals surface area contributed by atoms with Crippen molar-refractivity contribution in [2.45, 2.75) is 38.0 Å². The second-order valence-corrected chi connectivity index (χ2v) is 6.74. The number of allylic oxidation sites excluding steroid dienone is 2. The summed E-state index contributed by atoms with van der Waals surface area (Å²) in [6, 6.07) is 8.01. The molecular formula is C20H23N3O2. The molecule has 5 nitrogen and oxygen atoms in total. The Hall–Kier alpha value is -2.56. The van der Waals surface area contributed by atoms with Crippen LogP contribution in [0.25, 0.3) is 5.57 Å². The van der Waals surface area contributed by atoms with Crippen LogP contribution in [0.3, 0.4) is 0 Å². The van der Waals surface area contributed by atoms with E-state index in [-0.39, 0.29) is 11.8 Å². The highest BCUT2D eigenvalue weighted by Crippen LogP contribution is 2.32. The number of amides is 1. The number of aromatic amines is 1. The molecule has 1 aromatic carbocycles. The first kappa shape index (κ1) is 15.9. The van der Waals surface area contributed by atoms with Crippen LogP contribution in [0.4, 0.5) is 0 Å². The highest BCUT2D eigenvalue weighted by Gasteiger charge is 2.28. The van der Waals surface area contributed by atoms with Gasteiger partial charge in [-0.15, -0.1) is 0 Å². The first-order chi connectivity index (χ1) is 12.3. The van der Waals surface area contributed by atoms with Gasteiger partial charge < -0.3 is 15.0 Å². The number of hydrogen-bond donors (Lipinski definition) is 2. The molecule has 5 heteroatoms. The van der Waals surface area contributed by atoms with Crippen molar-refractivity contribution in [1.82, 2.24) is 15.3 Å². The average Bonchev–Trinajstić information content (AvgIpc) is 3.03. The second-order valence-electron chi connectivity index (χ2n) is 6.74. The van der Waals surface area contributed by atoms with Crippen LogP contribution in [0.1, 0.15) is 59.2 Å². The number of nitrogens with one attached hydrogen (secondary N) is 2. The number of aromatic nitrogens is 2. The molecular weight excluding hydrogens is 314 g/mol. The van der Waals surface area contributed by atoms with Gasteiger partial charge in [0.2, 0.25) is 0 Å². The molecule has 1 aliphatic heterocycles. The molecule has 2 heterocycles. The van der Waals surface area contributed by atoms with Crippen LogP contribution in [-0.2, 0) is 6.42 Å². The van der Waals surface area contributed by atoms with Gasteiger partial charge in [0.05, 0.1) is 7.11 Å². The van der Waals surface area contributed by atoms with E-state index in [1.54, 1.807) is 7.11 Å². The highest BCUT2D eigenvalue weighted by atomic mass is 16.5. The number of fused-ring (bicyclic) bond motifs is 1. The van der Waals surface area contributed by atoms with Gasteiger partial charge in [0.25, 0.3) is 5.91 Å². The quantitative estimate of drug-likeness (QED) is 0.901. The lowest BCUT2D eigenvalue weighted by atomic mass is 9.93. The van der Waals surface area contributed by atoms with Crippen molar-refractivity contribution < 1.29 is 9.53 Å². The summed E-state index contributed by atoms with van der Waals surface area (Å²) in [4.78, 5) is 20.5. The van der Waals surface area contributed by atoms with Gasteiger partial charge in [-0.05, 0) is 49.3 Å². The average molecular weight is 337 g/mol. The first-order valence-corrected chi connectivity index (χ1v) is 8.95. The normalized spacial score (nSPS) is 20.3. The summed E-state index contributed by atoms with van der Waals surface area (Å²) in [6.07, 6.45) is 7.54. The predicted octanol–water partition coefficient (Wildman–Crippen LogP) is 3.45. The van der Waals surface area contributed by atoms with Gasteiger partial charge in [-0.25, -0.2) is 4.98 Å². The minimum atomic E-state index is -0.0914. The maximum Gasteiger partial charge on any atom is 0.271 e. The fourth-order valence-electron chi connectivity index (χ4n) is 3.79. The molecule has 25 heavy (non-hydrogen) atoms. The maximum absolute atomic E-state index is 12.5.